The highest BCUT2D eigenvalue weighted by Crippen LogP contribution is 2.43. The van der Waals surface area contributed by atoms with Gasteiger partial charge in [-0.2, -0.15) is 0 Å². The van der Waals surface area contributed by atoms with Crippen molar-refractivity contribution in [1.29, 1.82) is 0 Å². The van der Waals surface area contributed by atoms with Crippen molar-refractivity contribution >= 4 is 5.96 Å². The number of ether oxygens (including phenoxy) is 1. The lowest BCUT2D eigenvalue weighted by atomic mass is 9.64. The molecule has 3 unspecified atom stereocenters. The van der Waals surface area contributed by atoms with Gasteiger partial charge in [-0.05, 0) is 18.9 Å². The Balaban J connectivity index is 1.49. The average molecular weight is 287 g/mol. The standard InChI is InChI=1S/C17H25N3O/c1-12-10-18-16(19-12)20-14-9-15(17(14,2)3)21-11-13-7-5-4-6-8-13/h4-8,12,14-15H,9-11H2,1-3H3,(H2,18,19,20). The molecule has 2 N–H and O–H groups in total. The van der Waals surface area contributed by atoms with Crippen LogP contribution in [0.1, 0.15) is 32.8 Å². The number of hydrogen-bond acceptors (Lipinski definition) is 4. The lowest BCUT2D eigenvalue weighted by molar-refractivity contribution is -0.120. The number of rotatable bonds is 4. The summed E-state index contributed by atoms with van der Waals surface area (Å²) in [4.78, 5) is 4.48. The Kier molecular flexibility index (Phi) is 3.89. The maximum atomic E-state index is 6.09. The molecule has 1 aliphatic carbocycles. The molecule has 0 amide bonds. The van der Waals surface area contributed by atoms with E-state index in [2.05, 4.69) is 60.7 Å². The Morgan fingerprint density at radius 1 is 1.33 bits per heavy atom. The Morgan fingerprint density at radius 2 is 2.10 bits per heavy atom. The quantitative estimate of drug-likeness (QED) is 0.893. The van der Waals surface area contributed by atoms with Crippen molar-refractivity contribution in [3.05, 3.63) is 35.9 Å². The van der Waals surface area contributed by atoms with Crippen molar-refractivity contribution in [2.75, 3.05) is 6.54 Å². The molecule has 3 rings (SSSR count). The molecule has 4 heteroatoms. The summed E-state index contributed by atoms with van der Waals surface area (Å²) in [6.45, 7) is 8.24. The average Bonchev–Trinajstić information content (AvgIpc) is 2.88. The minimum absolute atomic E-state index is 0.130. The molecule has 21 heavy (non-hydrogen) atoms. The molecule has 114 valence electrons. The van der Waals surface area contributed by atoms with Crippen LogP contribution >= 0.6 is 0 Å². The van der Waals surface area contributed by atoms with Gasteiger partial charge in [0.2, 0.25) is 0 Å². The second-order valence-corrected chi connectivity index (χ2v) is 6.77. The van der Waals surface area contributed by atoms with Gasteiger partial charge >= 0.3 is 0 Å². The van der Waals surface area contributed by atoms with Crippen LogP contribution in [0.3, 0.4) is 0 Å². The molecule has 0 bridgehead atoms. The fourth-order valence-corrected chi connectivity index (χ4v) is 2.99. The second kappa shape index (κ2) is 5.68. The fourth-order valence-electron chi connectivity index (χ4n) is 2.99. The number of nitrogens with zero attached hydrogens (tertiary/aromatic N) is 1. The van der Waals surface area contributed by atoms with Gasteiger partial charge in [0.05, 0.1) is 19.3 Å². The summed E-state index contributed by atoms with van der Waals surface area (Å²) >= 11 is 0. The van der Waals surface area contributed by atoms with Crippen LogP contribution < -0.4 is 10.6 Å². The Morgan fingerprint density at radius 3 is 2.71 bits per heavy atom. The summed E-state index contributed by atoms with van der Waals surface area (Å²) in [7, 11) is 0. The van der Waals surface area contributed by atoms with Crippen LogP contribution in [0.5, 0.6) is 0 Å². The minimum Gasteiger partial charge on any atom is -0.373 e. The molecule has 1 aliphatic heterocycles. The molecule has 0 saturated heterocycles. The molecule has 1 aromatic rings. The van der Waals surface area contributed by atoms with Gasteiger partial charge in [0.15, 0.2) is 5.96 Å². The van der Waals surface area contributed by atoms with E-state index < -0.39 is 0 Å². The Hall–Kier alpha value is -1.55. The first-order chi connectivity index (χ1) is 10.1. The molecule has 1 fully saturated rings. The van der Waals surface area contributed by atoms with Crippen LogP contribution in [-0.2, 0) is 11.3 Å². The highest BCUT2D eigenvalue weighted by atomic mass is 16.5. The maximum Gasteiger partial charge on any atom is 0.191 e. The van der Waals surface area contributed by atoms with Crippen LogP contribution in [-0.4, -0.2) is 30.7 Å². The lowest BCUT2D eigenvalue weighted by Gasteiger charge is -2.52. The topological polar surface area (TPSA) is 45.7 Å². The van der Waals surface area contributed by atoms with Crippen molar-refractivity contribution in [3.8, 4) is 0 Å². The van der Waals surface area contributed by atoms with Crippen LogP contribution in [0, 0.1) is 5.41 Å². The first-order valence-electron chi connectivity index (χ1n) is 7.79. The summed E-state index contributed by atoms with van der Waals surface area (Å²) in [5.74, 6) is 0.946. The van der Waals surface area contributed by atoms with E-state index >= 15 is 0 Å². The van der Waals surface area contributed by atoms with Crippen molar-refractivity contribution < 1.29 is 4.74 Å². The third kappa shape index (κ3) is 3.05. The number of aliphatic imine (C=N–C) groups is 1. The minimum atomic E-state index is 0.130. The Bertz CT molecular complexity index is 512. The first kappa shape index (κ1) is 14.4. The van der Waals surface area contributed by atoms with Gasteiger partial charge < -0.3 is 15.4 Å². The molecule has 0 radical (unpaired) electrons. The molecule has 1 heterocycles. The third-order valence-electron chi connectivity index (χ3n) is 4.69. The van der Waals surface area contributed by atoms with Gasteiger partial charge in [-0.25, -0.2) is 0 Å². The molecular formula is C17H25N3O. The third-order valence-corrected chi connectivity index (χ3v) is 4.69. The van der Waals surface area contributed by atoms with Gasteiger partial charge in [0.25, 0.3) is 0 Å². The fraction of sp³-hybridized carbons (Fsp3) is 0.588. The van der Waals surface area contributed by atoms with Gasteiger partial charge in [-0.1, -0.05) is 44.2 Å². The monoisotopic (exact) mass is 287 g/mol. The van der Waals surface area contributed by atoms with E-state index in [0.717, 1.165) is 18.9 Å². The Labute approximate surface area is 127 Å². The van der Waals surface area contributed by atoms with E-state index in [-0.39, 0.29) is 5.41 Å². The molecule has 0 spiro atoms. The van der Waals surface area contributed by atoms with Crippen LogP contribution in [0.15, 0.2) is 35.3 Å². The smallest absolute Gasteiger partial charge is 0.191 e. The highest BCUT2D eigenvalue weighted by molar-refractivity contribution is 5.82. The molecule has 2 aliphatic rings. The molecule has 3 atom stereocenters. The maximum absolute atomic E-state index is 6.09. The summed E-state index contributed by atoms with van der Waals surface area (Å²) in [5.41, 5.74) is 1.37. The highest BCUT2D eigenvalue weighted by Gasteiger charge is 2.49. The van der Waals surface area contributed by atoms with Crippen molar-refractivity contribution in [2.24, 2.45) is 10.4 Å². The van der Waals surface area contributed by atoms with Crippen LogP contribution in [0.4, 0.5) is 0 Å². The van der Waals surface area contributed by atoms with Gasteiger partial charge in [-0.15, -0.1) is 0 Å². The van der Waals surface area contributed by atoms with E-state index in [1.165, 1.54) is 5.56 Å². The van der Waals surface area contributed by atoms with E-state index in [9.17, 15) is 0 Å². The first-order valence-corrected chi connectivity index (χ1v) is 7.79. The summed E-state index contributed by atoms with van der Waals surface area (Å²) < 4.78 is 6.09. The van der Waals surface area contributed by atoms with Gasteiger partial charge in [0.1, 0.15) is 0 Å². The number of benzene rings is 1. The zero-order valence-corrected chi connectivity index (χ0v) is 13.1. The van der Waals surface area contributed by atoms with Crippen molar-refractivity contribution in [3.63, 3.8) is 0 Å². The summed E-state index contributed by atoms with van der Waals surface area (Å²) in [6, 6.07) is 11.2. The molecular weight excluding hydrogens is 262 g/mol. The van der Waals surface area contributed by atoms with Crippen molar-refractivity contribution in [2.45, 2.75) is 52.0 Å². The number of hydrogen-bond donors (Lipinski definition) is 2. The second-order valence-electron chi connectivity index (χ2n) is 6.77. The summed E-state index contributed by atoms with van der Waals surface area (Å²) in [5, 5.41) is 6.88. The normalized spacial score (nSPS) is 30.2. The van der Waals surface area contributed by atoms with E-state index in [4.69, 9.17) is 4.74 Å². The van der Waals surface area contributed by atoms with Crippen molar-refractivity contribution in [1.82, 2.24) is 10.6 Å². The molecule has 1 saturated carbocycles. The molecule has 4 nitrogen and oxygen atoms in total. The number of nitrogens with one attached hydrogen (secondary N) is 2. The predicted molar refractivity (Wildman–Crippen MR) is 85.2 cm³/mol. The lowest BCUT2D eigenvalue weighted by Crippen LogP contribution is -2.63. The number of guanidine groups is 1. The predicted octanol–water partition coefficient (Wildman–Crippen LogP) is 2.31. The van der Waals surface area contributed by atoms with Crippen LogP contribution in [0.25, 0.3) is 0 Å². The van der Waals surface area contributed by atoms with E-state index in [1.54, 1.807) is 0 Å². The SMILES string of the molecule is CC1CN=C(NC2CC(OCc3ccccc3)C2(C)C)N1. The zero-order valence-electron chi connectivity index (χ0n) is 13.1. The largest absolute Gasteiger partial charge is 0.373 e. The zero-order chi connectivity index (χ0) is 14.9. The van der Waals surface area contributed by atoms with Gasteiger partial charge in [0, 0.05) is 17.5 Å². The van der Waals surface area contributed by atoms with Crippen LogP contribution in [0.2, 0.25) is 0 Å². The molecule has 1 aromatic carbocycles. The van der Waals surface area contributed by atoms with Gasteiger partial charge in [-0.3, -0.25) is 4.99 Å². The molecule has 0 aromatic heterocycles. The summed E-state index contributed by atoms with van der Waals surface area (Å²) in [6.07, 6.45) is 1.34. The van der Waals surface area contributed by atoms with E-state index in [1.807, 2.05) is 6.07 Å². The van der Waals surface area contributed by atoms with E-state index in [0.29, 0.717) is 24.8 Å².